The molecule has 2 aliphatic heterocycles. The van der Waals surface area contributed by atoms with Crippen molar-refractivity contribution in [1.29, 1.82) is 0 Å². The van der Waals surface area contributed by atoms with Gasteiger partial charge in [-0.25, -0.2) is 0 Å². The lowest BCUT2D eigenvalue weighted by Crippen LogP contribution is -2.56. The molecule has 27 heavy (non-hydrogen) atoms. The first-order valence-electron chi connectivity index (χ1n) is 12.0. The van der Waals surface area contributed by atoms with Crippen LogP contribution in [0.5, 0.6) is 0 Å². The highest BCUT2D eigenvalue weighted by atomic mass is 16.1. The number of likely N-dealkylation sites (tertiary alicyclic amines) is 2. The van der Waals surface area contributed by atoms with E-state index in [2.05, 4.69) is 30.6 Å². The van der Waals surface area contributed by atoms with Crippen molar-refractivity contribution in [3.8, 4) is 0 Å². The molecule has 4 fully saturated rings. The van der Waals surface area contributed by atoms with Gasteiger partial charge in [-0.2, -0.15) is 0 Å². The summed E-state index contributed by atoms with van der Waals surface area (Å²) in [4.78, 5) is 17.9. The molecule has 0 aromatic rings. The van der Waals surface area contributed by atoms with Gasteiger partial charge in [0.15, 0.2) is 0 Å². The molecule has 0 aromatic carbocycles. The second-order valence-electron chi connectivity index (χ2n) is 10.9. The number of ketones is 1. The zero-order valence-corrected chi connectivity index (χ0v) is 18.1. The van der Waals surface area contributed by atoms with E-state index < -0.39 is 0 Å². The SMILES string of the molecule is CC1CCN(C2CCN(C3CC4(CCC(C(=O)C(C)C)CC4)C3)CC2)CC1. The van der Waals surface area contributed by atoms with Gasteiger partial charge in [-0.15, -0.1) is 0 Å². The van der Waals surface area contributed by atoms with E-state index in [0.29, 0.717) is 17.1 Å². The summed E-state index contributed by atoms with van der Waals surface area (Å²) in [7, 11) is 0. The van der Waals surface area contributed by atoms with Crippen molar-refractivity contribution >= 4 is 5.78 Å². The Morgan fingerprint density at radius 1 is 0.815 bits per heavy atom. The molecule has 0 N–H and O–H groups in total. The Morgan fingerprint density at radius 3 is 1.89 bits per heavy atom. The number of piperidine rings is 2. The van der Waals surface area contributed by atoms with Gasteiger partial charge in [-0.05, 0) is 102 Å². The third-order valence-electron chi connectivity index (χ3n) is 8.71. The van der Waals surface area contributed by atoms with Crippen LogP contribution in [0.15, 0.2) is 0 Å². The lowest BCUT2D eigenvalue weighted by molar-refractivity contribution is -0.129. The van der Waals surface area contributed by atoms with Gasteiger partial charge in [0.2, 0.25) is 0 Å². The number of rotatable bonds is 4. The molecule has 0 unspecified atom stereocenters. The van der Waals surface area contributed by atoms with Gasteiger partial charge in [0.25, 0.3) is 0 Å². The third-order valence-corrected chi connectivity index (χ3v) is 8.71. The summed E-state index contributed by atoms with van der Waals surface area (Å²) in [6, 6.07) is 1.71. The summed E-state index contributed by atoms with van der Waals surface area (Å²) in [5.74, 6) is 2.06. The Bertz CT molecular complexity index is 498. The predicted octanol–water partition coefficient (Wildman–Crippen LogP) is 4.75. The van der Waals surface area contributed by atoms with Gasteiger partial charge in [0, 0.05) is 23.9 Å². The van der Waals surface area contributed by atoms with Crippen molar-refractivity contribution in [1.82, 2.24) is 9.80 Å². The molecule has 4 aliphatic rings. The van der Waals surface area contributed by atoms with Crippen LogP contribution in [0.2, 0.25) is 0 Å². The summed E-state index contributed by atoms with van der Waals surface area (Å²) in [6.45, 7) is 11.9. The number of nitrogens with zero attached hydrogens (tertiary/aromatic N) is 2. The quantitative estimate of drug-likeness (QED) is 0.710. The first kappa shape index (κ1) is 19.9. The highest BCUT2D eigenvalue weighted by molar-refractivity contribution is 5.82. The van der Waals surface area contributed by atoms with Crippen LogP contribution in [-0.2, 0) is 4.79 Å². The zero-order valence-electron chi connectivity index (χ0n) is 18.1. The minimum absolute atomic E-state index is 0.225. The van der Waals surface area contributed by atoms with E-state index in [4.69, 9.17) is 0 Å². The lowest BCUT2D eigenvalue weighted by atomic mass is 9.56. The molecule has 2 saturated carbocycles. The molecule has 3 heteroatoms. The van der Waals surface area contributed by atoms with Gasteiger partial charge in [-0.3, -0.25) is 4.79 Å². The summed E-state index contributed by atoms with van der Waals surface area (Å²) >= 11 is 0. The molecular weight excluding hydrogens is 332 g/mol. The largest absolute Gasteiger partial charge is 0.300 e. The molecule has 0 amide bonds. The molecule has 2 heterocycles. The van der Waals surface area contributed by atoms with Crippen LogP contribution in [0.3, 0.4) is 0 Å². The highest BCUT2D eigenvalue weighted by Gasteiger charge is 2.49. The van der Waals surface area contributed by atoms with Crippen LogP contribution in [0, 0.1) is 23.2 Å². The average molecular weight is 375 g/mol. The first-order chi connectivity index (χ1) is 13.0. The second-order valence-corrected chi connectivity index (χ2v) is 10.9. The summed E-state index contributed by atoms with van der Waals surface area (Å²) in [5.41, 5.74) is 0.609. The van der Waals surface area contributed by atoms with Crippen LogP contribution in [0.4, 0.5) is 0 Å². The fourth-order valence-electron chi connectivity index (χ4n) is 6.60. The Hall–Kier alpha value is -0.410. The summed E-state index contributed by atoms with van der Waals surface area (Å²) in [6.07, 6.45) is 13.4. The van der Waals surface area contributed by atoms with Crippen LogP contribution in [0.1, 0.15) is 85.0 Å². The molecular formula is C24H42N2O. The molecule has 2 saturated heterocycles. The Labute approximate surface area is 167 Å². The van der Waals surface area contributed by atoms with Gasteiger partial charge >= 0.3 is 0 Å². The molecule has 0 atom stereocenters. The molecule has 2 aliphatic carbocycles. The summed E-state index contributed by atoms with van der Waals surface area (Å²) in [5, 5.41) is 0. The standard InChI is InChI=1S/C24H42N2O/c1-18(2)23(27)20-4-10-24(11-5-20)16-22(17-24)26-14-8-21(9-15-26)25-12-6-19(3)7-13-25/h18-22H,4-17H2,1-3H3. The minimum Gasteiger partial charge on any atom is -0.300 e. The monoisotopic (exact) mass is 374 g/mol. The molecule has 154 valence electrons. The van der Waals surface area contributed by atoms with Crippen LogP contribution in [-0.4, -0.2) is 53.8 Å². The fourth-order valence-corrected chi connectivity index (χ4v) is 6.60. The predicted molar refractivity (Wildman–Crippen MR) is 112 cm³/mol. The zero-order chi connectivity index (χ0) is 19.0. The summed E-state index contributed by atoms with van der Waals surface area (Å²) < 4.78 is 0. The number of carbonyl (C=O) groups is 1. The van der Waals surface area contributed by atoms with E-state index in [0.717, 1.165) is 18.0 Å². The van der Waals surface area contributed by atoms with E-state index in [1.165, 1.54) is 90.4 Å². The van der Waals surface area contributed by atoms with E-state index in [-0.39, 0.29) is 5.92 Å². The van der Waals surface area contributed by atoms with E-state index in [1.54, 1.807) is 0 Å². The number of carbonyl (C=O) groups excluding carboxylic acids is 1. The maximum absolute atomic E-state index is 12.3. The Kier molecular flexibility index (Phi) is 6.00. The van der Waals surface area contributed by atoms with Crippen molar-refractivity contribution in [2.75, 3.05) is 26.2 Å². The highest BCUT2D eigenvalue weighted by Crippen LogP contribution is 2.54. The Morgan fingerprint density at radius 2 is 1.33 bits per heavy atom. The van der Waals surface area contributed by atoms with Crippen molar-refractivity contribution in [2.45, 2.75) is 97.1 Å². The number of Topliss-reactive ketones (excluding diaryl/α,β-unsaturated/α-hetero) is 1. The van der Waals surface area contributed by atoms with Crippen molar-refractivity contribution in [3.63, 3.8) is 0 Å². The van der Waals surface area contributed by atoms with Gasteiger partial charge < -0.3 is 9.80 Å². The van der Waals surface area contributed by atoms with E-state index >= 15 is 0 Å². The van der Waals surface area contributed by atoms with Crippen molar-refractivity contribution in [3.05, 3.63) is 0 Å². The molecule has 1 spiro atoms. The minimum atomic E-state index is 0.225. The van der Waals surface area contributed by atoms with Crippen molar-refractivity contribution < 1.29 is 4.79 Å². The third kappa shape index (κ3) is 4.29. The number of hydrogen-bond donors (Lipinski definition) is 0. The average Bonchev–Trinajstić information content (AvgIpc) is 2.66. The molecule has 0 bridgehead atoms. The smallest absolute Gasteiger partial charge is 0.138 e. The van der Waals surface area contributed by atoms with Gasteiger partial charge in [0.05, 0.1) is 0 Å². The normalized spacial score (nSPS) is 37.6. The molecule has 3 nitrogen and oxygen atoms in total. The van der Waals surface area contributed by atoms with Crippen LogP contribution in [0.25, 0.3) is 0 Å². The first-order valence-corrected chi connectivity index (χ1v) is 12.0. The van der Waals surface area contributed by atoms with Gasteiger partial charge in [0.1, 0.15) is 5.78 Å². The fraction of sp³-hybridized carbons (Fsp3) is 0.958. The molecule has 4 rings (SSSR count). The lowest BCUT2D eigenvalue weighted by Gasteiger charge is -2.56. The number of hydrogen-bond acceptors (Lipinski definition) is 3. The Balaban J connectivity index is 1.18. The van der Waals surface area contributed by atoms with Crippen LogP contribution < -0.4 is 0 Å². The topological polar surface area (TPSA) is 23.6 Å². The molecule has 0 radical (unpaired) electrons. The van der Waals surface area contributed by atoms with E-state index in [1.807, 2.05) is 0 Å². The van der Waals surface area contributed by atoms with Gasteiger partial charge in [-0.1, -0.05) is 20.8 Å². The van der Waals surface area contributed by atoms with E-state index in [9.17, 15) is 4.79 Å². The molecule has 0 aromatic heterocycles. The second kappa shape index (κ2) is 8.14. The van der Waals surface area contributed by atoms with Crippen molar-refractivity contribution in [2.24, 2.45) is 23.2 Å². The maximum atomic E-state index is 12.3. The van der Waals surface area contributed by atoms with Crippen LogP contribution >= 0.6 is 0 Å². The maximum Gasteiger partial charge on any atom is 0.138 e.